The molecule has 1 N–H and O–H groups in total. The number of pyridine rings is 1. The maximum atomic E-state index is 13.0. The van der Waals surface area contributed by atoms with Crippen LogP contribution in [-0.2, 0) is 13.5 Å². The molecular weight excluding hydrogens is 340 g/mol. The number of fused-ring (bicyclic) bond motifs is 2. The van der Waals surface area contributed by atoms with E-state index in [1.54, 1.807) is 4.68 Å². The van der Waals surface area contributed by atoms with Crippen molar-refractivity contribution in [2.24, 2.45) is 7.05 Å². The third-order valence-electron chi connectivity index (χ3n) is 5.43. The van der Waals surface area contributed by atoms with Crippen LogP contribution in [0, 0.1) is 6.92 Å². The van der Waals surface area contributed by atoms with Gasteiger partial charge in [-0.1, -0.05) is 18.2 Å². The smallest absolute Gasteiger partial charge is 0.252 e. The molecule has 1 aliphatic heterocycles. The van der Waals surface area contributed by atoms with Crippen molar-refractivity contribution in [3.63, 3.8) is 0 Å². The quantitative estimate of drug-likeness (QED) is 0.775. The Kier molecular flexibility index (Phi) is 3.67. The van der Waals surface area contributed by atoms with Crippen LogP contribution in [0.4, 0.5) is 0 Å². The summed E-state index contributed by atoms with van der Waals surface area (Å²) in [7, 11) is 1.88. The molecule has 3 heterocycles. The number of rotatable bonds is 4. The van der Waals surface area contributed by atoms with Gasteiger partial charge in [-0.05, 0) is 37.5 Å². The largest absolute Gasteiger partial charge is 0.488 e. The molecule has 2 aliphatic rings. The van der Waals surface area contributed by atoms with Gasteiger partial charge in [0.25, 0.3) is 5.91 Å². The number of nitrogens with one attached hydrogen (secondary N) is 1. The first kappa shape index (κ1) is 16.3. The van der Waals surface area contributed by atoms with Crippen molar-refractivity contribution in [3.8, 4) is 5.75 Å². The Morgan fingerprint density at radius 1 is 1.33 bits per heavy atom. The van der Waals surface area contributed by atoms with Crippen LogP contribution in [0.1, 0.15) is 46.1 Å². The highest BCUT2D eigenvalue weighted by molar-refractivity contribution is 6.06. The number of aromatic nitrogens is 3. The highest BCUT2D eigenvalue weighted by atomic mass is 16.5. The van der Waals surface area contributed by atoms with E-state index in [0.717, 1.165) is 47.4 Å². The van der Waals surface area contributed by atoms with E-state index in [4.69, 9.17) is 9.72 Å². The Hall–Kier alpha value is -2.89. The lowest BCUT2D eigenvalue weighted by Gasteiger charge is -2.13. The summed E-state index contributed by atoms with van der Waals surface area (Å²) < 4.78 is 7.70. The van der Waals surface area contributed by atoms with E-state index in [1.807, 2.05) is 38.2 Å². The van der Waals surface area contributed by atoms with Crippen LogP contribution in [-0.4, -0.2) is 33.3 Å². The molecule has 1 atom stereocenters. The zero-order valence-electron chi connectivity index (χ0n) is 15.5. The fraction of sp³-hybridized carbons (Fsp3) is 0.381. The third kappa shape index (κ3) is 2.85. The normalized spacial score (nSPS) is 18.4. The van der Waals surface area contributed by atoms with Crippen molar-refractivity contribution in [3.05, 3.63) is 52.8 Å². The summed E-state index contributed by atoms with van der Waals surface area (Å²) in [6.45, 7) is 2.41. The molecule has 1 saturated carbocycles. The summed E-state index contributed by atoms with van der Waals surface area (Å²) in [5.41, 5.74) is 4.48. The number of hydrogen-bond donors (Lipinski definition) is 1. The van der Waals surface area contributed by atoms with Gasteiger partial charge in [0.05, 0.1) is 23.2 Å². The van der Waals surface area contributed by atoms with Crippen LogP contribution < -0.4 is 10.1 Å². The Bertz CT molecular complexity index is 1030. The molecule has 2 aromatic heterocycles. The van der Waals surface area contributed by atoms with Crippen LogP contribution in [0.15, 0.2) is 30.3 Å². The van der Waals surface area contributed by atoms with E-state index < -0.39 is 0 Å². The van der Waals surface area contributed by atoms with Crippen molar-refractivity contribution < 1.29 is 9.53 Å². The highest BCUT2D eigenvalue weighted by Crippen LogP contribution is 2.40. The molecule has 1 fully saturated rings. The summed E-state index contributed by atoms with van der Waals surface area (Å²) in [5, 5.41) is 8.37. The molecule has 1 amide bonds. The summed E-state index contributed by atoms with van der Waals surface area (Å²) >= 11 is 0. The molecule has 0 radical (unpaired) electrons. The average molecular weight is 362 g/mol. The predicted molar refractivity (Wildman–Crippen MR) is 102 cm³/mol. The van der Waals surface area contributed by atoms with Crippen molar-refractivity contribution in [2.75, 3.05) is 6.54 Å². The maximum absolute atomic E-state index is 13.0. The maximum Gasteiger partial charge on any atom is 0.252 e. The van der Waals surface area contributed by atoms with Crippen LogP contribution in [0.3, 0.4) is 0 Å². The zero-order chi connectivity index (χ0) is 18.5. The second kappa shape index (κ2) is 6.08. The molecule has 1 unspecified atom stereocenters. The number of para-hydroxylation sites is 1. The molecule has 6 heteroatoms. The molecule has 138 valence electrons. The third-order valence-corrected chi connectivity index (χ3v) is 5.43. The number of carbonyl (C=O) groups is 1. The first-order valence-electron chi connectivity index (χ1n) is 9.47. The Morgan fingerprint density at radius 3 is 2.93 bits per heavy atom. The summed E-state index contributed by atoms with van der Waals surface area (Å²) in [5.74, 6) is 1.31. The number of carbonyl (C=O) groups excluding carboxylic acids is 1. The molecule has 1 aromatic carbocycles. The van der Waals surface area contributed by atoms with E-state index in [1.165, 1.54) is 5.56 Å². The lowest BCUT2D eigenvalue weighted by atomic mass is 10.1. The number of nitrogens with zero attached hydrogens (tertiary/aromatic N) is 3. The average Bonchev–Trinajstić information content (AvgIpc) is 3.37. The van der Waals surface area contributed by atoms with E-state index in [-0.39, 0.29) is 12.0 Å². The van der Waals surface area contributed by atoms with E-state index in [0.29, 0.717) is 18.0 Å². The van der Waals surface area contributed by atoms with Crippen molar-refractivity contribution >= 4 is 16.9 Å². The van der Waals surface area contributed by atoms with Gasteiger partial charge in [0.15, 0.2) is 5.65 Å². The van der Waals surface area contributed by atoms with Gasteiger partial charge in [-0.2, -0.15) is 5.10 Å². The standard InChI is InChI=1S/C21H22N4O2/c1-12-19-16(10-17(13-7-8-13)23-20(19)25(2)24-12)21(26)22-11-15-9-14-5-3-4-6-18(14)27-15/h3-6,10,13,15H,7-9,11H2,1-2H3,(H,22,26). The van der Waals surface area contributed by atoms with Gasteiger partial charge in [0, 0.05) is 25.1 Å². The topological polar surface area (TPSA) is 69.0 Å². The zero-order valence-corrected chi connectivity index (χ0v) is 15.5. The highest BCUT2D eigenvalue weighted by Gasteiger charge is 2.29. The number of amides is 1. The molecular formula is C21H22N4O2. The number of aryl methyl sites for hydroxylation is 2. The SMILES string of the molecule is Cc1nn(C)c2nc(C3CC3)cc(C(=O)NCC3Cc4ccccc4O3)c12. The fourth-order valence-electron chi connectivity index (χ4n) is 3.90. The van der Waals surface area contributed by atoms with Crippen molar-refractivity contribution in [2.45, 2.75) is 38.2 Å². The van der Waals surface area contributed by atoms with Gasteiger partial charge in [-0.3, -0.25) is 9.48 Å². The number of hydrogen-bond acceptors (Lipinski definition) is 4. The van der Waals surface area contributed by atoms with Crippen LogP contribution in [0.5, 0.6) is 5.75 Å². The molecule has 0 spiro atoms. The summed E-state index contributed by atoms with van der Waals surface area (Å²) in [4.78, 5) is 17.8. The van der Waals surface area contributed by atoms with Gasteiger partial charge in [0.2, 0.25) is 0 Å². The lowest BCUT2D eigenvalue weighted by Crippen LogP contribution is -2.34. The van der Waals surface area contributed by atoms with Gasteiger partial charge < -0.3 is 10.1 Å². The minimum absolute atomic E-state index is 0.0263. The Labute approximate surface area is 157 Å². The van der Waals surface area contributed by atoms with Crippen molar-refractivity contribution in [1.82, 2.24) is 20.1 Å². The molecule has 1 aliphatic carbocycles. The second-order valence-electron chi connectivity index (χ2n) is 7.54. The van der Waals surface area contributed by atoms with Gasteiger partial charge in [-0.25, -0.2) is 4.98 Å². The first-order chi connectivity index (χ1) is 13.1. The molecule has 27 heavy (non-hydrogen) atoms. The van der Waals surface area contributed by atoms with Crippen LogP contribution in [0.25, 0.3) is 11.0 Å². The van der Waals surface area contributed by atoms with Crippen LogP contribution in [0.2, 0.25) is 0 Å². The van der Waals surface area contributed by atoms with Gasteiger partial charge in [-0.15, -0.1) is 0 Å². The van der Waals surface area contributed by atoms with Crippen molar-refractivity contribution in [1.29, 1.82) is 0 Å². The molecule has 6 nitrogen and oxygen atoms in total. The van der Waals surface area contributed by atoms with Gasteiger partial charge >= 0.3 is 0 Å². The van der Waals surface area contributed by atoms with E-state index in [2.05, 4.69) is 16.5 Å². The predicted octanol–water partition coefficient (Wildman–Crippen LogP) is 2.89. The fourth-order valence-corrected chi connectivity index (χ4v) is 3.90. The number of ether oxygens (including phenoxy) is 1. The molecule has 0 saturated heterocycles. The monoisotopic (exact) mass is 362 g/mol. The van der Waals surface area contributed by atoms with E-state index in [9.17, 15) is 4.79 Å². The van der Waals surface area contributed by atoms with E-state index >= 15 is 0 Å². The lowest BCUT2D eigenvalue weighted by molar-refractivity contribution is 0.0935. The molecule has 3 aromatic rings. The van der Waals surface area contributed by atoms with Crippen LogP contribution >= 0.6 is 0 Å². The minimum atomic E-state index is -0.0834. The number of benzene rings is 1. The first-order valence-corrected chi connectivity index (χ1v) is 9.47. The molecule has 0 bridgehead atoms. The molecule has 5 rings (SSSR count). The Balaban J connectivity index is 1.39. The Morgan fingerprint density at radius 2 is 2.15 bits per heavy atom. The summed E-state index contributed by atoms with van der Waals surface area (Å²) in [6, 6.07) is 9.99. The minimum Gasteiger partial charge on any atom is -0.488 e. The second-order valence-corrected chi connectivity index (χ2v) is 7.54. The van der Waals surface area contributed by atoms with Gasteiger partial charge in [0.1, 0.15) is 11.9 Å². The summed E-state index contributed by atoms with van der Waals surface area (Å²) in [6.07, 6.45) is 3.08.